The van der Waals surface area contributed by atoms with Crippen molar-refractivity contribution in [2.24, 2.45) is 5.92 Å². The van der Waals surface area contributed by atoms with Crippen molar-refractivity contribution in [3.8, 4) is 11.5 Å². The maximum absolute atomic E-state index is 11.8. The van der Waals surface area contributed by atoms with Gasteiger partial charge in [-0.3, -0.25) is 14.9 Å². The molecule has 8 nitrogen and oxygen atoms in total. The molecule has 3 atom stereocenters. The number of carbonyl (C=O) groups excluding carboxylic acids is 1. The summed E-state index contributed by atoms with van der Waals surface area (Å²) in [6.45, 7) is 1.59. The van der Waals surface area contributed by atoms with Gasteiger partial charge in [-0.2, -0.15) is 0 Å². The first-order chi connectivity index (χ1) is 10.6. The van der Waals surface area contributed by atoms with Crippen LogP contribution in [0.3, 0.4) is 0 Å². The van der Waals surface area contributed by atoms with E-state index in [4.69, 9.17) is 9.15 Å². The number of benzene rings is 1. The van der Waals surface area contributed by atoms with Crippen molar-refractivity contribution in [1.29, 1.82) is 0 Å². The molecule has 1 aromatic carbocycles. The lowest BCUT2D eigenvalue weighted by Crippen LogP contribution is -2.15. The highest BCUT2D eigenvalue weighted by Crippen LogP contribution is 2.35. The van der Waals surface area contributed by atoms with Crippen molar-refractivity contribution in [3.63, 3.8) is 0 Å². The highest BCUT2D eigenvalue weighted by atomic mass is 16.6. The highest BCUT2D eigenvalue weighted by molar-refractivity contribution is 5.76. The molecule has 1 saturated carbocycles. The minimum atomic E-state index is -0.831. The maximum atomic E-state index is 11.8. The molecule has 1 aliphatic carbocycles. The zero-order valence-electron chi connectivity index (χ0n) is 11.7. The van der Waals surface area contributed by atoms with Gasteiger partial charge in [-0.1, -0.05) is 18.2 Å². The maximum Gasteiger partial charge on any atom is 0.316 e. The average Bonchev–Trinajstić information content (AvgIpc) is 3.18. The van der Waals surface area contributed by atoms with Gasteiger partial charge in [0.05, 0.1) is 0 Å². The van der Waals surface area contributed by atoms with E-state index in [0.717, 1.165) is 5.56 Å². The van der Waals surface area contributed by atoms with Gasteiger partial charge in [0.15, 0.2) is 6.10 Å². The molecule has 2 aromatic rings. The Balaban J connectivity index is 1.64. The first kappa shape index (κ1) is 14.2. The third kappa shape index (κ3) is 2.80. The van der Waals surface area contributed by atoms with E-state index in [-0.39, 0.29) is 12.3 Å². The highest BCUT2D eigenvalue weighted by Gasteiger charge is 2.55. The van der Waals surface area contributed by atoms with E-state index in [9.17, 15) is 14.9 Å². The fraction of sp³-hybridized carbons (Fsp3) is 0.357. The summed E-state index contributed by atoms with van der Waals surface area (Å²) in [5.74, 6) is -0.791. The normalized spacial score (nSPS) is 21.1. The van der Waals surface area contributed by atoms with Crippen LogP contribution in [0, 0.1) is 16.0 Å². The summed E-state index contributed by atoms with van der Waals surface area (Å²) in [6, 6.07) is 8.36. The molecular weight excluding hydrogens is 290 g/mol. The molecule has 0 saturated heterocycles. The molecule has 3 unspecified atom stereocenters. The van der Waals surface area contributed by atoms with Crippen molar-refractivity contribution in [2.75, 3.05) is 0 Å². The van der Waals surface area contributed by atoms with Crippen LogP contribution >= 0.6 is 0 Å². The van der Waals surface area contributed by atoms with Crippen LogP contribution in [-0.4, -0.2) is 27.1 Å². The third-order valence-electron chi connectivity index (χ3n) is 3.43. The van der Waals surface area contributed by atoms with E-state index in [0.29, 0.717) is 5.89 Å². The van der Waals surface area contributed by atoms with Crippen LogP contribution in [0.5, 0.6) is 0 Å². The van der Waals surface area contributed by atoms with E-state index >= 15 is 0 Å². The molecule has 22 heavy (non-hydrogen) atoms. The van der Waals surface area contributed by atoms with Gasteiger partial charge in [-0.05, 0) is 19.1 Å². The largest absolute Gasteiger partial charge is 0.452 e. The molecule has 1 fully saturated rings. The number of aromatic nitrogens is 2. The van der Waals surface area contributed by atoms with Crippen LogP contribution < -0.4 is 0 Å². The van der Waals surface area contributed by atoms with Gasteiger partial charge in [0.25, 0.3) is 5.89 Å². The number of rotatable bonds is 5. The van der Waals surface area contributed by atoms with Gasteiger partial charge in [0.2, 0.25) is 11.9 Å². The van der Waals surface area contributed by atoms with Crippen LogP contribution in [-0.2, 0) is 9.53 Å². The van der Waals surface area contributed by atoms with Gasteiger partial charge < -0.3 is 9.15 Å². The number of esters is 1. The Labute approximate surface area is 125 Å². The quantitative estimate of drug-likeness (QED) is 0.472. The molecule has 3 rings (SSSR count). The fourth-order valence-corrected chi connectivity index (χ4v) is 2.08. The molecule has 0 aliphatic heterocycles. The monoisotopic (exact) mass is 303 g/mol. The molecule has 1 aromatic heterocycles. The molecule has 0 radical (unpaired) electrons. The summed E-state index contributed by atoms with van der Waals surface area (Å²) in [7, 11) is 0. The summed E-state index contributed by atoms with van der Waals surface area (Å²) in [5.41, 5.74) is 0.760. The molecule has 0 amide bonds. The van der Waals surface area contributed by atoms with Crippen LogP contribution in [0.4, 0.5) is 0 Å². The van der Waals surface area contributed by atoms with Crippen LogP contribution in [0.1, 0.15) is 25.3 Å². The van der Waals surface area contributed by atoms with Crippen molar-refractivity contribution >= 4 is 5.97 Å². The molecule has 114 valence electrons. The molecule has 8 heteroatoms. The number of hydrogen-bond acceptors (Lipinski definition) is 7. The van der Waals surface area contributed by atoms with Crippen LogP contribution in [0.25, 0.3) is 11.5 Å². The second-order valence-corrected chi connectivity index (χ2v) is 5.09. The summed E-state index contributed by atoms with van der Waals surface area (Å²) >= 11 is 0. The minimum absolute atomic E-state index is 0.158. The summed E-state index contributed by atoms with van der Waals surface area (Å²) in [6.07, 6.45) is -0.525. The molecule has 0 bridgehead atoms. The van der Waals surface area contributed by atoms with E-state index in [1.54, 1.807) is 6.92 Å². The van der Waals surface area contributed by atoms with E-state index < -0.39 is 29.0 Å². The van der Waals surface area contributed by atoms with E-state index in [1.165, 1.54) is 0 Å². The van der Waals surface area contributed by atoms with E-state index in [1.807, 2.05) is 30.3 Å². The van der Waals surface area contributed by atoms with E-state index in [2.05, 4.69) is 10.2 Å². The summed E-state index contributed by atoms with van der Waals surface area (Å²) < 4.78 is 10.6. The van der Waals surface area contributed by atoms with Gasteiger partial charge in [0, 0.05) is 16.9 Å². The Bertz CT molecular complexity index is 700. The standard InChI is InChI=1S/C14H13N3O5/c1-8(21-14(18)10-7-11(10)17(19)20)12-15-16-13(22-12)9-5-3-2-4-6-9/h2-6,8,10-11H,7H2,1H3. The van der Waals surface area contributed by atoms with Crippen molar-refractivity contribution in [3.05, 3.63) is 46.3 Å². The number of ether oxygens (including phenoxy) is 1. The summed E-state index contributed by atoms with van der Waals surface area (Å²) in [5, 5.41) is 18.3. The third-order valence-corrected chi connectivity index (χ3v) is 3.43. The molecule has 1 aliphatic rings. The van der Waals surface area contributed by atoms with Gasteiger partial charge >= 0.3 is 5.97 Å². The molecular formula is C14H13N3O5. The number of carbonyl (C=O) groups is 1. The summed E-state index contributed by atoms with van der Waals surface area (Å²) in [4.78, 5) is 21.9. The Kier molecular flexibility index (Phi) is 3.58. The van der Waals surface area contributed by atoms with Crippen LogP contribution in [0.2, 0.25) is 0 Å². The smallest absolute Gasteiger partial charge is 0.316 e. The predicted molar refractivity (Wildman–Crippen MR) is 73.1 cm³/mol. The number of hydrogen-bond donors (Lipinski definition) is 0. The Morgan fingerprint density at radius 1 is 1.41 bits per heavy atom. The zero-order chi connectivity index (χ0) is 15.7. The van der Waals surface area contributed by atoms with Crippen molar-refractivity contribution in [2.45, 2.75) is 25.5 Å². The molecule has 1 heterocycles. The lowest BCUT2D eigenvalue weighted by Gasteiger charge is -2.08. The van der Waals surface area contributed by atoms with Crippen molar-refractivity contribution in [1.82, 2.24) is 10.2 Å². The van der Waals surface area contributed by atoms with Crippen molar-refractivity contribution < 1.29 is 18.9 Å². The van der Waals surface area contributed by atoms with Crippen LogP contribution in [0.15, 0.2) is 34.7 Å². The molecule has 0 N–H and O–H groups in total. The lowest BCUT2D eigenvalue weighted by molar-refractivity contribution is -0.497. The number of nitro groups is 1. The van der Waals surface area contributed by atoms with Gasteiger partial charge in [-0.15, -0.1) is 10.2 Å². The number of nitrogens with zero attached hydrogens (tertiary/aromatic N) is 3. The second kappa shape index (κ2) is 5.55. The minimum Gasteiger partial charge on any atom is -0.452 e. The topological polar surface area (TPSA) is 108 Å². The average molecular weight is 303 g/mol. The zero-order valence-corrected chi connectivity index (χ0v) is 11.7. The van der Waals surface area contributed by atoms with Gasteiger partial charge in [-0.25, -0.2) is 0 Å². The Hall–Kier alpha value is -2.77. The first-order valence-corrected chi connectivity index (χ1v) is 6.79. The second-order valence-electron chi connectivity index (χ2n) is 5.09. The molecule has 0 spiro atoms. The predicted octanol–water partition coefficient (Wildman–Crippen LogP) is 2.01. The Morgan fingerprint density at radius 3 is 2.77 bits per heavy atom. The Morgan fingerprint density at radius 2 is 2.14 bits per heavy atom. The SMILES string of the molecule is CC(OC(=O)C1CC1[N+](=O)[O-])c1nnc(-c2ccccc2)o1. The first-order valence-electron chi connectivity index (χ1n) is 6.79. The van der Waals surface area contributed by atoms with Gasteiger partial charge in [0.1, 0.15) is 5.92 Å². The fourth-order valence-electron chi connectivity index (χ4n) is 2.08. The lowest BCUT2D eigenvalue weighted by atomic mass is 10.2.